The number of benzene rings is 2. The molecule has 29 heavy (non-hydrogen) atoms. The maximum absolute atomic E-state index is 12.7. The second kappa shape index (κ2) is 10.4. The second-order valence-electron chi connectivity index (χ2n) is 7.67. The molecule has 0 heterocycles. The fourth-order valence-electron chi connectivity index (χ4n) is 2.59. The van der Waals surface area contributed by atoms with Crippen LogP contribution in [0, 0.1) is 0 Å². The van der Waals surface area contributed by atoms with Gasteiger partial charge in [-0.15, -0.1) is 0 Å². The molecule has 0 bridgehead atoms. The van der Waals surface area contributed by atoms with E-state index in [1.165, 1.54) is 0 Å². The van der Waals surface area contributed by atoms with Crippen LogP contribution in [0.15, 0.2) is 66.7 Å². The Bertz CT molecular complexity index is 851. The Kier molecular flexibility index (Phi) is 7.89. The molecule has 0 aromatic heterocycles. The molecule has 0 aliphatic heterocycles. The van der Waals surface area contributed by atoms with E-state index in [-0.39, 0.29) is 0 Å². The van der Waals surface area contributed by atoms with Gasteiger partial charge in [0, 0.05) is 13.1 Å². The average molecular weight is 393 g/mol. The molecular formula is C24H27NO4. The molecule has 0 unspecified atom stereocenters. The molecule has 152 valence electrons. The second-order valence-corrected chi connectivity index (χ2v) is 7.67. The molecule has 2 aromatic rings. The van der Waals surface area contributed by atoms with Crippen LogP contribution in [-0.2, 0) is 25.7 Å². The number of nitrogens with zero attached hydrogens (tertiary/aromatic N) is 1. The Balaban J connectivity index is 2.07. The lowest BCUT2D eigenvalue weighted by Crippen LogP contribution is -2.35. The molecule has 0 aliphatic carbocycles. The van der Waals surface area contributed by atoms with E-state index in [1.807, 2.05) is 72.8 Å². The lowest BCUT2D eigenvalue weighted by atomic mass is 10.1. The summed E-state index contributed by atoms with van der Waals surface area (Å²) in [5.74, 6) is -2.23. The Labute approximate surface area is 172 Å². The molecular weight excluding hydrogens is 366 g/mol. The van der Waals surface area contributed by atoms with Gasteiger partial charge in [-0.05, 0) is 31.9 Å². The quantitative estimate of drug-likeness (QED) is 0.386. The van der Waals surface area contributed by atoms with Gasteiger partial charge >= 0.3 is 5.97 Å². The molecule has 0 aliphatic rings. The third-order valence-corrected chi connectivity index (χ3v) is 3.94. The number of rotatable bonds is 8. The van der Waals surface area contributed by atoms with E-state index < -0.39 is 29.7 Å². The van der Waals surface area contributed by atoms with E-state index in [0.717, 1.165) is 11.1 Å². The lowest BCUT2D eigenvalue weighted by molar-refractivity contribution is -0.163. The molecule has 0 N–H and O–H groups in total. The van der Waals surface area contributed by atoms with Gasteiger partial charge in [-0.1, -0.05) is 72.8 Å². The largest absolute Gasteiger partial charge is 0.454 e. The van der Waals surface area contributed by atoms with Crippen molar-refractivity contribution in [2.45, 2.75) is 39.3 Å². The Hall–Kier alpha value is -3.21. The third kappa shape index (κ3) is 8.13. The summed E-state index contributed by atoms with van der Waals surface area (Å²) in [7, 11) is 0. The zero-order chi connectivity index (χ0) is 21.3. The zero-order valence-electron chi connectivity index (χ0n) is 17.1. The summed E-state index contributed by atoms with van der Waals surface area (Å²) >= 11 is 0. The van der Waals surface area contributed by atoms with Crippen LogP contribution in [0.1, 0.15) is 38.3 Å². The number of ketones is 1. The fourth-order valence-corrected chi connectivity index (χ4v) is 2.59. The highest BCUT2D eigenvalue weighted by Gasteiger charge is 2.26. The normalized spacial score (nSPS) is 11.3. The smallest absolute Gasteiger partial charge is 0.375 e. The number of carbonyl (C=O) groups is 3. The molecule has 0 fully saturated rings. The van der Waals surface area contributed by atoms with Crippen molar-refractivity contribution in [1.29, 1.82) is 0 Å². The Morgan fingerprint density at radius 2 is 1.52 bits per heavy atom. The SMILES string of the molecule is CC(C)(C)OC(=O)C(=O)CC(=O)N(C/C=C/c1ccccc1)Cc1ccccc1. The number of carbonyl (C=O) groups excluding carboxylic acids is 3. The van der Waals surface area contributed by atoms with E-state index in [2.05, 4.69) is 0 Å². The first-order valence-electron chi connectivity index (χ1n) is 9.54. The molecule has 2 aromatic carbocycles. The van der Waals surface area contributed by atoms with Crippen LogP contribution in [-0.4, -0.2) is 34.7 Å². The van der Waals surface area contributed by atoms with E-state index in [0.29, 0.717) is 13.1 Å². The minimum absolute atomic E-state index is 0.324. The molecule has 2 rings (SSSR count). The van der Waals surface area contributed by atoms with Gasteiger partial charge in [-0.2, -0.15) is 0 Å². The van der Waals surface area contributed by atoms with Crippen molar-refractivity contribution < 1.29 is 19.1 Å². The highest BCUT2D eigenvalue weighted by Crippen LogP contribution is 2.11. The van der Waals surface area contributed by atoms with E-state index in [1.54, 1.807) is 25.7 Å². The molecule has 0 radical (unpaired) electrons. The first-order valence-corrected chi connectivity index (χ1v) is 9.54. The van der Waals surface area contributed by atoms with Gasteiger partial charge in [0.1, 0.15) is 5.60 Å². The summed E-state index contributed by atoms with van der Waals surface area (Å²) in [6.45, 7) is 5.70. The Morgan fingerprint density at radius 3 is 2.10 bits per heavy atom. The van der Waals surface area contributed by atoms with Crippen LogP contribution in [0.3, 0.4) is 0 Å². The number of ether oxygens (including phenoxy) is 1. The topological polar surface area (TPSA) is 63.7 Å². The highest BCUT2D eigenvalue weighted by atomic mass is 16.6. The average Bonchev–Trinajstić information content (AvgIpc) is 2.67. The first-order chi connectivity index (χ1) is 13.7. The van der Waals surface area contributed by atoms with E-state index >= 15 is 0 Å². The predicted molar refractivity (Wildman–Crippen MR) is 113 cm³/mol. The van der Waals surface area contributed by atoms with Crippen LogP contribution >= 0.6 is 0 Å². The monoisotopic (exact) mass is 393 g/mol. The van der Waals surface area contributed by atoms with Crippen molar-refractivity contribution in [1.82, 2.24) is 4.90 Å². The zero-order valence-corrected chi connectivity index (χ0v) is 17.1. The summed E-state index contributed by atoms with van der Waals surface area (Å²) in [5.41, 5.74) is 1.18. The maximum atomic E-state index is 12.7. The molecule has 5 heteroatoms. The standard InChI is InChI=1S/C24H27NO4/c1-24(2,3)29-23(28)21(26)17-22(27)25(18-20-13-8-5-9-14-20)16-10-15-19-11-6-4-7-12-19/h4-15H,16-18H2,1-3H3/b15-10+. The van der Waals surface area contributed by atoms with Crippen molar-refractivity contribution in [2.75, 3.05) is 6.54 Å². The summed E-state index contributed by atoms with van der Waals surface area (Å²) in [5, 5.41) is 0. The van der Waals surface area contributed by atoms with Gasteiger partial charge in [0.25, 0.3) is 0 Å². The highest BCUT2D eigenvalue weighted by molar-refractivity contribution is 6.37. The number of Topliss-reactive ketones (excluding diaryl/α,β-unsaturated/α-hetero) is 1. The number of amides is 1. The third-order valence-electron chi connectivity index (χ3n) is 3.94. The summed E-state index contributed by atoms with van der Waals surface area (Å²) in [4.78, 5) is 38.3. The minimum atomic E-state index is -0.981. The summed E-state index contributed by atoms with van der Waals surface area (Å²) in [6.07, 6.45) is 3.27. The van der Waals surface area contributed by atoms with Crippen molar-refractivity contribution in [3.05, 3.63) is 77.9 Å². The van der Waals surface area contributed by atoms with Gasteiger partial charge in [-0.25, -0.2) is 4.79 Å². The molecule has 1 amide bonds. The van der Waals surface area contributed by atoms with Crippen molar-refractivity contribution in [3.8, 4) is 0 Å². The Morgan fingerprint density at radius 1 is 0.931 bits per heavy atom. The number of hydrogen-bond acceptors (Lipinski definition) is 4. The minimum Gasteiger partial charge on any atom is -0.454 e. The van der Waals surface area contributed by atoms with Gasteiger partial charge < -0.3 is 9.64 Å². The van der Waals surface area contributed by atoms with Gasteiger partial charge in [0.2, 0.25) is 11.7 Å². The molecule has 0 spiro atoms. The molecule has 0 atom stereocenters. The van der Waals surface area contributed by atoms with Gasteiger partial charge in [-0.3, -0.25) is 9.59 Å². The van der Waals surface area contributed by atoms with Crippen LogP contribution in [0.25, 0.3) is 6.08 Å². The summed E-state index contributed by atoms with van der Waals surface area (Å²) in [6, 6.07) is 19.2. The van der Waals surface area contributed by atoms with E-state index in [9.17, 15) is 14.4 Å². The maximum Gasteiger partial charge on any atom is 0.375 e. The van der Waals surface area contributed by atoms with E-state index in [4.69, 9.17) is 4.74 Å². The lowest BCUT2D eigenvalue weighted by Gasteiger charge is -2.22. The molecule has 0 saturated carbocycles. The number of hydrogen-bond donors (Lipinski definition) is 0. The first kappa shape index (κ1) is 22.1. The predicted octanol–water partition coefficient (Wildman–Crippen LogP) is 4.03. The van der Waals surface area contributed by atoms with Crippen molar-refractivity contribution in [2.24, 2.45) is 0 Å². The van der Waals surface area contributed by atoms with Crippen LogP contribution < -0.4 is 0 Å². The molecule has 0 saturated heterocycles. The van der Waals surface area contributed by atoms with Gasteiger partial charge in [0.15, 0.2) is 0 Å². The van der Waals surface area contributed by atoms with Crippen LogP contribution in [0.4, 0.5) is 0 Å². The number of esters is 1. The fraction of sp³-hybridized carbons (Fsp3) is 0.292. The van der Waals surface area contributed by atoms with Crippen LogP contribution in [0.2, 0.25) is 0 Å². The van der Waals surface area contributed by atoms with Crippen LogP contribution in [0.5, 0.6) is 0 Å². The summed E-state index contributed by atoms with van der Waals surface area (Å²) < 4.78 is 5.06. The van der Waals surface area contributed by atoms with Crippen molar-refractivity contribution >= 4 is 23.7 Å². The molecule has 5 nitrogen and oxygen atoms in total. The van der Waals surface area contributed by atoms with Gasteiger partial charge in [0.05, 0.1) is 6.42 Å². The van der Waals surface area contributed by atoms with Crippen molar-refractivity contribution in [3.63, 3.8) is 0 Å².